The molecule has 15 heavy (non-hydrogen) atoms. The largest absolute Gasteiger partial charge is 0.333 e. The summed E-state index contributed by atoms with van der Waals surface area (Å²) in [5, 5.41) is 0. The fourth-order valence-corrected chi connectivity index (χ4v) is 1.65. The standard InChI is InChI=1S/C10H17N3O2/c1-5-11-8(4)12(6-2)10(15)13(7-3)9(11)14/h4-7H2,1-3H3. The number of amides is 4. The fraction of sp³-hybridized carbons (Fsp3) is 0.600. The SMILES string of the molecule is C=C1N(CC)C(=O)N(CC)C(=O)N1CC. The number of hydrogen-bond donors (Lipinski definition) is 0. The molecule has 1 aliphatic rings. The van der Waals surface area contributed by atoms with E-state index in [1.54, 1.807) is 6.92 Å². The highest BCUT2D eigenvalue weighted by molar-refractivity contribution is 5.97. The van der Waals surface area contributed by atoms with Crippen molar-refractivity contribution in [3.05, 3.63) is 12.4 Å². The van der Waals surface area contributed by atoms with Gasteiger partial charge in [0.25, 0.3) is 0 Å². The number of carbonyl (C=O) groups is 2. The molecule has 0 atom stereocenters. The molecule has 1 fully saturated rings. The summed E-state index contributed by atoms with van der Waals surface area (Å²) in [7, 11) is 0. The lowest BCUT2D eigenvalue weighted by molar-refractivity contribution is 0.115. The van der Waals surface area contributed by atoms with E-state index >= 15 is 0 Å². The van der Waals surface area contributed by atoms with Crippen LogP contribution >= 0.6 is 0 Å². The molecule has 0 bridgehead atoms. The van der Waals surface area contributed by atoms with Crippen LogP contribution < -0.4 is 0 Å². The Hall–Kier alpha value is -1.52. The Balaban J connectivity index is 3.03. The van der Waals surface area contributed by atoms with Gasteiger partial charge < -0.3 is 0 Å². The molecule has 1 heterocycles. The third-order valence-electron chi connectivity index (χ3n) is 2.50. The Morgan fingerprint density at radius 1 is 0.867 bits per heavy atom. The zero-order chi connectivity index (χ0) is 11.6. The molecule has 5 nitrogen and oxygen atoms in total. The second-order valence-corrected chi connectivity index (χ2v) is 3.21. The molecule has 0 N–H and O–H groups in total. The number of carbonyl (C=O) groups excluding carboxylic acids is 2. The maximum atomic E-state index is 11.8. The highest BCUT2D eigenvalue weighted by Gasteiger charge is 2.37. The van der Waals surface area contributed by atoms with E-state index < -0.39 is 0 Å². The normalized spacial score (nSPS) is 17.8. The number of urea groups is 2. The van der Waals surface area contributed by atoms with Crippen molar-refractivity contribution in [2.75, 3.05) is 19.6 Å². The van der Waals surface area contributed by atoms with Crippen LogP contribution in [0.15, 0.2) is 12.4 Å². The summed E-state index contributed by atoms with van der Waals surface area (Å²) in [4.78, 5) is 27.9. The van der Waals surface area contributed by atoms with Gasteiger partial charge in [0, 0.05) is 19.6 Å². The molecule has 0 aromatic heterocycles. The molecule has 0 aromatic carbocycles. The molecule has 0 aliphatic carbocycles. The monoisotopic (exact) mass is 211 g/mol. The number of hydrogen-bond acceptors (Lipinski definition) is 2. The maximum absolute atomic E-state index is 11.8. The van der Waals surface area contributed by atoms with Crippen molar-refractivity contribution in [3.8, 4) is 0 Å². The lowest BCUT2D eigenvalue weighted by Gasteiger charge is -2.41. The minimum absolute atomic E-state index is 0.278. The van der Waals surface area contributed by atoms with Crippen LogP contribution in [-0.4, -0.2) is 46.4 Å². The summed E-state index contributed by atoms with van der Waals surface area (Å²) in [6.07, 6.45) is 0. The molecular weight excluding hydrogens is 194 g/mol. The first kappa shape index (κ1) is 11.6. The van der Waals surface area contributed by atoms with Gasteiger partial charge in [0.05, 0.1) is 0 Å². The van der Waals surface area contributed by atoms with E-state index in [9.17, 15) is 9.59 Å². The highest BCUT2D eigenvalue weighted by Crippen LogP contribution is 2.20. The van der Waals surface area contributed by atoms with Crippen LogP contribution in [0.1, 0.15) is 20.8 Å². The number of nitrogens with zero attached hydrogens (tertiary/aromatic N) is 3. The van der Waals surface area contributed by atoms with Crippen molar-refractivity contribution >= 4 is 12.1 Å². The Bertz CT molecular complexity index is 235. The van der Waals surface area contributed by atoms with Crippen LogP contribution in [0.4, 0.5) is 9.59 Å². The summed E-state index contributed by atoms with van der Waals surface area (Å²) < 4.78 is 0. The minimum Gasteiger partial charge on any atom is -0.280 e. The fourth-order valence-electron chi connectivity index (χ4n) is 1.65. The van der Waals surface area contributed by atoms with Crippen molar-refractivity contribution in [2.45, 2.75) is 20.8 Å². The van der Waals surface area contributed by atoms with E-state index in [2.05, 4.69) is 6.58 Å². The zero-order valence-corrected chi connectivity index (χ0v) is 9.49. The Labute approximate surface area is 89.9 Å². The zero-order valence-electron chi connectivity index (χ0n) is 9.49. The third kappa shape index (κ3) is 1.69. The van der Waals surface area contributed by atoms with Gasteiger partial charge in [-0.05, 0) is 20.8 Å². The second kappa shape index (κ2) is 4.33. The maximum Gasteiger partial charge on any atom is 0.333 e. The molecule has 0 saturated carbocycles. The number of rotatable bonds is 3. The van der Waals surface area contributed by atoms with E-state index in [0.717, 1.165) is 0 Å². The molecule has 84 valence electrons. The molecule has 0 unspecified atom stereocenters. The van der Waals surface area contributed by atoms with E-state index in [1.807, 2.05) is 13.8 Å². The van der Waals surface area contributed by atoms with Gasteiger partial charge in [-0.2, -0.15) is 0 Å². The molecule has 1 rings (SSSR count). The lowest BCUT2D eigenvalue weighted by Crippen LogP contribution is -2.58. The van der Waals surface area contributed by atoms with E-state index in [0.29, 0.717) is 25.5 Å². The summed E-state index contributed by atoms with van der Waals surface area (Å²) in [6.45, 7) is 10.7. The summed E-state index contributed by atoms with van der Waals surface area (Å²) >= 11 is 0. The van der Waals surface area contributed by atoms with Crippen LogP contribution in [-0.2, 0) is 0 Å². The quantitative estimate of drug-likeness (QED) is 0.712. The predicted octanol–water partition coefficient (Wildman–Crippen LogP) is 1.68. The van der Waals surface area contributed by atoms with Crippen molar-refractivity contribution < 1.29 is 9.59 Å². The Morgan fingerprint density at radius 2 is 1.20 bits per heavy atom. The van der Waals surface area contributed by atoms with Gasteiger partial charge in [0.2, 0.25) is 0 Å². The average molecular weight is 211 g/mol. The molecule has 0 spiro atoms. The smallest absolute Gasteiger partial charge is 0.280 e. The topological polar surface area (TPSA) is 43.9 Å². The Morgan fingerprint density at radius 3 is 1.47 bits per heavy atom. The predicted molar refractivity (Wildman–Crippen MR) is 57.1 cm³/mol. The second-order valence-electron chi connectivity index (χ2n) is 3.21. The summed E-state index contributed by atoms with van der Waals surface area (Å²) in [5.41, 5.74) is 0. The van der Waals surface area contributed by atoms with Crippen molar-refractivity contribution in [1.29, 1.82) is 0 Å². The lowest BCUT2D eigenvalue weighted by atomic mass is 10.4. The van der Waals surface area contributed by atoms with Gasteiger partial charge in [-0.1, -0.05) is 6.58 Å². The van der Waals surface area contributed by atoms with Crippen molar-refractivity contribution in [3.63, 3.8) is 0 Å². The molecule has 5 heteroatoms. The molecular formula is C10H17N3O2. The third-order valence-corrected chi connectivity index (χ3v) is 2.50. The summed E-state index contributed by atoms with van der Waals surface area (Å²) in [5.74, 6) is 0.472. The van der Waals surface area contributed by atoms with E-state index in [1.165, 1.54) is 14.7 Å². The van der Waals surface area contributed by atoms with Crippen molar-refractivity contribution in [1.82, 2.24) is 14.7 Å². The highest BCUT2D eigenvalue weighted by atomic mass is 16.2. The summed E-state index contributed by atoms with van der Waals surface area (Å²) in [6, 6.07) is -0.556. The van der Waals surface area contributed by atoms with Crippen molar-refractivity contribution in [2.24, 2.45) is 0 Å². The van der Waals surface area contributed by atoms with Gasteiger partial charge in [0.15, 0.2) is 0 Å². The van der Waals surface area contributed by atoms with Crippen LogP contribution in [0.3, 0.4) is 0 Å². The van der Waals surface area contributed by atoms with Gasteiger partial charge in [0.1, 0.15) is 5.82 Å². The van der Waals surface area contributed by atoms with Gasteiger partial charge in [-0.3, -0.25) is 9.80 Å². The van der Waals surface area contributed by atoms with Gasteiger partial charge in [-0.25, -0.2) is 14.5 Å². The van der Waals surface area contributed by atoms with E-state index in [4.69, 9.17) is 0 Å². The first-order chi connectivity index (χ1) is 7.08. The van der Waals surface area contributed by atoms with Crippen LogP contribution in [0.25, 0.3) is 0 Å². The Kier molecular flexibility index (Phi) is 3.34. The molecule has 4 amide bonds. The first-order valence-corrected chi connectivity index (χ1v) is 5.17. The van der Waals surface area contributed by atoms with Gasteiger partial charge in [-0.15, -0.1) is 0 Å². The van der Waals surface area contributed by atoms with Gasteiger partial charge >= 0.3 is 12.1 Å². The average Bonchev–Trinajstić information content (AvgIpc) is 2.19. The minimum atomic E-state index is -0.278. The number of imide groups is 1. The molecule has 0 radical (unpaired) electrons. The van der Waals surface area contributed by atoms with Crippen LogP contribution in [0.5, 0.6) is 0 Å². The molecule has 1 saturated heterocycles. The molecule has 1 aliphatic heterocycles. The molecule has 0 aromatic rings. The van der Waals surface area contributed by atoms with Crippen LogP contribution in [0.2, 0.25) is 0 Å². The van der Waals surface area contributed by atoms with Crippen LogP contribution in [0, 0.1) is 0 Å². The first-order valence-electron chi connectivity index (χ1n) is 5.17. The van der Waals surface area contributed by atoms with E-state index in [-0.39, 0.29) is 12.1 Å².